The molecule has 7 heavy (non-hydrogen) atoms. The fourth-order valence-corrected chi connectivity index (χ4v) is 0.0913. The minimum atomic E-state index is -0.532. The number of hydrogen-bond acceptors (Lipinski definition) is 2. The van der Waals surface area contributed by atoms with E-state index in [4.69, 9.17) is 0 Å². The number of hydrogen-bond donors (Lipinski definition) is 0. The average Bonchev–Trinajstić information content (AvgIpc) is 1.65. The monoisotopic (exact) mass is 127 g/mol. The van der Waals surface area contributed by atoms with Crippen LogP contribution in [0.4, 0.5) is 4.79 Å². The molecule has 0 bridgehead atoms. The van der Waals surface area contributed by atoms with Crippen molar-refractivity contribution < 1.29 is 60.9 Å². The average molecular weight is 127 g/mol. The topological polar surface area (TPSA) is 40.4 Å². The van der Waals surface area contributed by atoms with Crippen molar-refractivity contribution in [2.45, 2.75) is 0 Å². The van der Waals surface area contributed by atoms with Crippen molar-refractivity contribution in [2.24, 2.45) is 0 Å². The number of nitrogens with zero attached hydrogens (tertiary/aromatic N) is 1. The number of amides is 1. The molecule has 0 radical (unpaired) electrons. The Hall–Kier alpha value is 0.906. The zero-order valence-electron chi connectivity index (χ0n) is 4.76. The maximum Gasteiger partial charge on any atom is 1.00 e. The summed E-state index contributed by atoms with van der Waals surface area (Å²) in [6.45, 7) is 0. The molecule has 0 aliphatic heterocycles. The zero-order chi connectivity index (χ0) is 4.99. The number of rotatable bonds is 0. The van der Waals surface area contributed by atoms with E-state index in [1.54, 1.807) is 0 Å². The van der Waals surface area contributed by atoms with Gasteiger partial charge in [-0.25, -0.2) is 0 Å². The van der Waals surface area contributed by atoms with Crippen LogP contribution in [-0.4, -0.2) is 20.3 Å². The molecule has 0 spiro atoms. The second-order valence-electron chi connectivity index (χ2n) is 0.694. The van der Waals surface area contributed by atoms with Crippen molar-refractivity contribution in [3.05, 3.63) is 5.32 Å². The van der Waals surface area contributed by atoms with E-state index in [0.717, 1.165) is 0 Å². The van der Waals surface area contributed by atoms with Crippen molar-refractivity contribution in [1.82, 2.24) is 0 Å². The smallest absolute Gasteiger partial charge is 0.620 e. The molecule has 0 heterocycles. The Morgan fingerprint density at radius 3 is 2.14 bits per heavy atom. The van der Waals surface area contributed by atoms with E-state index in [1.165, 1.54) is 14.2 Å². The quantitative estimate of drug-likeness (QED) is 0.345. The summed E-state index contributed by atoms with van der Waals surface area (Å²) in [5, 5.41) is 3.15. The first-order valence-corrected chi connectivity index (χ1v) is 1.49. The summed E-state index contributed by atoms with van der Waals surface area (Å²) in [5.74, 6) is 0. The van der Waals surface area contributed by atoms with Crippen LogP contribution in [0.2, 0.25) is 0 Å². The van der Waals surface area contributed by atoms with Gasteiger partial charge in [-0.15, -0.1) is 7.05 Å². The maximum absolute atomic E-state index is 9.79. The molecule has 0 atom stereocenters. The zero-order valence-corrected chi connectivity index (χ0v) is 7.89. The number of methoxy groups -OCH3 is 1. The summed E-state index contributed by atoms with van der Waals surface area (Å²) in [6.07, 6.45) is -0.532. The second kappa shape index (κ2) is 6.91. The molecule has 0 aromatic rings. The van der Waals surface area contributed by atoms with Crippen molar-refractivity contribution >= 4 is 6.09 Å². The van der Waals surface area contributed by atoms with Gasteiger partial charge in [-0.2, -0.15) is 0 Å². The Morgan fingerprint density at radius 1 is 1.71 bits per heavy atom. The van der Waals surface area contributed by atoms with Crippen LogP contribution in [0.1, 0.15) is 0 Å². The molecule has 0 aliphatic rings. The predicted molar refractivity (Wildman–Crippen MR) is 21.7 cm³/mol. The van der Waals surface area contributed by atoms with Crippen molar-refractivity contribution in [1.29, 1.82) is 0 Å². The van der Waals surface area contributed by atoms with E-state index in [1.807, 2.05) is 0 Å². The van der Waals surface area contributed by atoms with Crippen LogP contribution in [0.3, 0.4) is 0 Å². The van der Waals surface area contributed by atoms with E-state index in [9.17, 15) is 4.79 Å². The summed E-state index contributed by atoms with van der Waals surface area (Å²) >= 11 is 0. The molecule has 0 saturated carbocycles. The molecule has 36 valence electrons. The first kappa shape index (κ1) is 10.8. The maximum atomic E-state index is 9.79. The van der Waals surface area contributed by atoms with Gasteiger partial charge in [0.15, 0.2) is 0 Å². The van der Waals surface area contributed by atoms with Gasteiger partial charge in [0.2, 0.25) is 6.09 Å². The third kappa shape index (κ3) is 6.91. The third-order valence-corrected chi connectivity index (χ3v) is 0.357. The molecule has 3 nitrogen and oxygen atoms in total. The minimum Gasteiger partial charge on any atom is -0.620 e. The predicted octanol–water partition coefficient (Wildman–Crippen LogP) is -2.24. The Labute approximate surface area is 85.2 Å². The molecular formula is C3H6KNO2. The normalized spacial score (nSPS) is 6.00. The van der Waals surface area contributed by atoms with E-state index < -0.39 is 6.09 Å². The van der Waals surface area contributed by atoms with Crippen molar-refractivity contribution in [3.63, 3.8) is 0 Å². The summed E-state index contributed by atoms with van der Waals surface area (Å²) in [4.78, 5) is 9.79. The van der Waals surface area contributed by atoms with Crippen LogP contribution in [-0.2, 0) is 4.74 Å². The van der Waals surface area contributed by atoms with Crippen LogP contribution < -0.4 is 51.4 Å². The van der Waals surface area contributed by atoms with Crippen LogP contribution in [0, 0.1) is 0 Å². The van der Waals surface area contributed by atoms with E-state index in [-0.39, 0.29) is 51.4 Å². The molecular weight excluding hydrogens is 121 g/mol. The van der Waals surface area contributed by atoms with E-state index in [0.29, 0.717) is 0 Å². The van der Waals surface area contributed by atoms with Gasteiger partial charge in [0.1, 0.15) is 0 Å². The standard InChI is InChI=1S/C3H7NO2.K/c1-4-3(5)6-2;/h1-2H3,(H,4,5);/q;+1/p-1. The molecule has 0 saturated heterocycles. The Balaban J connectivity index is 0. The molecule has 4 heteroatoms. The Kier molecular flexibility index (Phi) is 10.7. The van der Waals surface area contributed by atoms with Crippen LogP contribution >= 0.6 is 0 Å². The molecule has 0 rings (SSSR count). The number of carbonyl (C=O) groups excluding carboxylic acids is 1. The first-order chi connectivity index (χ1) is 2.81. The summed E-state index contributed by atoms with van der Waals surface area (Å²) in [7, 11) is 2.67. The SMILES string of the molecule is C[N-]C(=O)OC.[K+]. The molecule has 0 N–H and O–H groups in total. The Morgan fingerprint density at radius 2 is 2.14 bits per heavy atom. The van der Waals surface area contributed by atoms with Gasteiger partial charge in [0, 0.05) is 0 Å². The van der Waals surface area contributed by atoms with Crippen LogP contribution in [0.25, 0.3) is 5.32 Å². The first-order valence-electron chi connectivity index (χ1n) is 1.49. The minimum absolute atomic E-state index is 0. The van der Waals surface area contributed by atoms with Gasteiger partial charge < -0.3 is 10.1 Å². The van der Waals surface area contributed by atoms with E-state index in [2.05, 4.69) is 10.1 Å². The van der Waals surface area contributed by atoms with Gasteiger partial charge in [-0.1, -0.05) is 0 Å². The van der Waals surface area contributed by atoms with Gasteiger partial charge in [-0.05, 0) is 0 Å². The fraction of sp³-hybridized carbons (Fsp3) is 0.667. The van der Waals surface area contributed by atoms with Crippen molar-refractivity contribution in [3.8, 4) is 0 Å². The van der Waals surface area contributed by atoms with Gasteiger partial charge in [-0.3, -0.25) is 4.79 Å². The van der Waals surface area contributed by atoms with Gasteiger partial charge in [0.25, 0.3) is 0 Å². The molecule has 0 aromatic heterocycles. The molecule has 0 aliphatic carbocycles. The molecule has 0 fully saturated rings. The van der Waals surface area contributed by atoms with Gasteiger partial charge in [0.05, 0.1) is 7.11 Å². The summed E-state index contributed by atoms with van der Waals surface area (Å²) in [5.41, 5.74) is 0. The number of ether oxygens (including phenoxy) is 1. The molecule has 1 amide bonds. The second-order valence-corrected chi connectivity index (χ2v) is 0.694. The third-order valence-electron chi connectivity index (χ3n) is 0.357. The van der Waals surface area contributed by atoms with E-state index >= 15 is 0 Å². The Bertz CT molecular complexity index is 50.9. The van der Waals surface area contributed by atoms with Crippen LogP contribution in [0.5, 0.6) is 0 Å². The molecule has 0 aromatic carbocycles. The molecule has 0 unspecified atom stereocenters. The van der Waals surface area contributed by atoms with Gasteiger partial charge >= 0.3 is 51.4 Å². The summed E-state index contributed by atoms with van der Waals surface area (Å²) < 4.78 is 4.09. The van der Waals surface area contributed by atoms with Crippen LogP contribution in [0.15, 0.2) is 0 Å². The fourth-order valence-electron chi connectivity index (χ4n) is 0.0913. The summed E-state index contributed by atoms with van der Waals surface area (Å²) in [6, 6.07) is 0. The number of carbonyl (C=O) groups is 1. The van der Waals surface area contributed by atoms with Crippen molar-refractivity contribution in [2.75, 3.05) is 14.2 Å². The largest absolute Gasteiger partial charge is 1.00 e.